The second-order valence-corrected chi connectivity index (χ2v) is 5.05. The van der Waals surface area contributed by atoms with Crippen LogP contribution in [0.15, 0.2) is 5.16 Å². The van der Waals surface area contributed by atoms with Gasteiger partial charge in [-0.1, -0.05) is 5.16 Å². The van der Waals surface area contributed by atoms with Crippen molar-refractivity contribution in [3.63, 3.8) is 0 Å². The van der Waals surface area contributed by atoms with Crippen molar-refractivity contribution in [2.75, 3.05) is 13.6 Å². The number of oxime groups is 1. The first-order chi connectivity index (χ1) is 6.45. The lowest BCUT2D eigenvalue weighted by Gasteiger charge is -2.16. The number of hydrogen-bond acceptors (Lipinski definition) is 4. The molecule has 0 aromatic carbocycles. The van der Waals surface area contributed by atoms with Crippen LogP contribution in [0.5, 0.6) is 0 Å². The van der Waals surface area contributed by atoms with Crippen molar-refractivity contribution < 1.29 is 13.6 Å². The number of hydrogen-bond donors (Lipinski definition) is 3. The molecule has 0 spiro atoms. The van der Waals surface area contributed by atoms with Crippen LogP contribution >= 0.6 is 0 Å². The standard InChI is InChI=1S/C6H14N4O3S/c1-10(4-6(7)8-11)14(12,13)9-5-2-3-5/h5,9,11H,2-4H2,1H3,(H2,7,8). The number of nitrogens with one attached hydrogen (secondary N) is 1. The minimum absolute atomic E-state index is 0.0507. The summed E-state index contributed by atoms with van der Waals surface area (Å²) in [4.78, 5) is 0. The van der Waals surface area contributed by atoms with Crippen molar-refractivity contribution >= 4 is 16.0 Å². The maximum absolute atomic E-state index is 11.5. The van der Waals surface area contributed by atoms with Gasteiger partial charge in [-0.3, -0.25) is 0 Å². The Bertz CT molecular complexity index is 322. The molecular formula is C6H14N4O3S. The van der Waals surface area contributed by atoms with Crippen LogP contribution < -0.4 is 10.5 Å². The number of nitrogens with zero attached hydrogens (tertiary/aromatic N) is 2. The molecule has 1 saturated carbocycles. The molecule has 0 aromatic rings. The van der Waals surface area contributed by atoms with Gasteiger partial charge in [0.1, 0.15) is 0 Å². The Labute approximate surface area is 82.7 Å². The van der Waals surface area contributed by atoms with E-state index >= 15 is 0 Å². The van der Waals surface area contributed by atoms with Crippen molar-refractivity contribution in [3.05, 3.63) is 0 Å². The van der Waals surface area contributed by atoms with E-state index in [0.29, 0.717) is 0 Å². The number of rotatable bonds is 5. The summed E-state index contributed by atoms with van der Waals surface area (Å²) in [6.07, 6.45) is 1.74. The average molecular weight is 222 g/mol. The van der Waals surface area contributed by atoms with Crippen LogP contribution in [0.3, 0.4) is 0 Å². The Balaban J connectivity index is 2.52. The smallest absolute Gasteiger partial charge is 0.279 e. The topological polar surface area (TPSA) is 108 Å². The molecule has 1 fully saturated rings. The monoisotopic (exact) mass is 222 g/mol. The minimum Gasteiger partial charge on any atom is -0.409 e. The van der Waals surface area contributed by atoms with Crippen LogP contribution in [-0.2, 0) is 10.2 Å². The molecule has 0 unspecified atom stereocenters. The predicted octanol–water partition coefficient (Wildman–Crippen LogP) is -1.34. The molecule has 1 aliphatic carbocycles. The van der Waals surface area contributed by atoms with Crippen LogP contribution in [0.4, 0.5) is 0 Å². The van der Waals surface area contributed by atoms with Crippen LogP contribution in [0.25, 0.3) is 0 Å². The Kier molecular flexibility index (Phi) is 3.29. The summed E-state index contributed by atoms with van der Waals surface area (Å²) < 4.78 is 26.4. The molecule has 7 nitrogen and oxygen atoms in total. The second kappa shape index (κ2) is 4.11. The van der Waals surface area contributed by atoms with Gasteiger partial charge >= 0.3 is 0 Å². The van der Waals surface area contributed by atoms with Crippen LogP contribution in [0.2, 0.25) is 0 Å². The molecule has 1 aliphatic rings. The van der Waals surface area contributed by atoms with Crippen LogP contribution in [0, 0.1) is 0 Å². The third-order valence-electron chi connectivity index (χ3n) is 1.82. The Morgan fingerprint density at radius 1 is 1.71 bits per heavy atom. The molecule has 8 heteroatoms. The van der Waals surface area contributed by atoms with Crippen molar-refractivity contribution in [2.45, 2.75) is 18.9 Å². The molecule has 0 atom stereocenters. The fourth-order valence-corrected chi connectivity index (χ4v) is 1.99. The van der Waals surface area contributed by atoms with Crippen LogP contribution in [0.1, 0.15) is 12.8 Å². The number of amidine groups is 1. The lowest BCUT2D eigenvalue weighted by Crippen LogP contribution is -2.43. The van der Waals surface area contributed by atoms with E-state index in [1.54, 1.807) is 0 Å². The highest BCUT2D eigenvalue weighted by atomic mass is 32.2. The molecular weight excluding hydrogens is 208 g/mol. The zero-order valence-electron chi connectivity index (χ0n) is 7.84. The first-order valence-corrected chi connectivity index (χ1v) is 5.59. The van der Waals surface area contributed by atoms with Gasteiger partial charge in [-0.05, 0) is 12.8 Å². The largest absolute Gasteiger partial charge is 0.409 e. The van der Waals surface area contributed by atoms with E-state index in [1.807, 2.05) is 0 Å². The Hall–Kier alpha value is -0.860. The lowest BCUT2D eigenvalue weighted by molar-refractivity contribution is 0.315. The third kappa shape index (κ3) is 3.13. The molecule has 0 amide bonds. The first-order valence-electron chi connectivity index (χ1n) is 4.15. The SMILES string of the molecule is CN(CC(N)=NO)S(=O)(=O)NC1CC1. The molecule has 1 rings (SSSR count). The van der Waals surface area contributed by atoms with Crippen molar-refractivity contribution in [1.29, 1.82) is 0 Å². The molecule has 0 radical (unpaired) electrons. The van der Waals surface area contributed by atoms with Crippen LogP contribution in [-0.4, -0.2) is 43.4 Å². The zero-order chi connectivity index (χ0) is 10.8. The highest BCUT2D eigenvalue weighted by molar-refractivity contribution is 7.87. The fourth-order valence-electron chi connectivity index (χ4n) is 0.847. The molecule has 0 saturated heterocycles. The highest BCUT2D eigenvalue weighted by Crippen LogP contribution is 2.20. The van der Waals surface area contributed by atoms with E-state index in [9.17, 15) is 8.42 Å². The fraction of sp³-hybridized carbons (Fsp3) is 0.833. The van der Waals surface area contributed by atoms with Gasteiger partial charge in [-0.15, -0.1) is 0 Å². The maximum atomic E-state index is 11.5. The zero-order valence-corrected chi connectivity index (χ0v) is 8.66. The summed E-state index contributed by atoms with van der Waals surface area (Å²) in [5.74, 6) is -0.145. The third-order valence-corrected chi connectivity index (χ3v) is 3.40. The molecule has 82 valence electrons. The molecule has 0 heterocycles. The molecule has 14 heavy (non-hydrogen) atoms. The van der Waals surface area contributed by atoms with Gasteiger partial charge in [0.15, 0.2) is 5.84 Å². The van der Waals surface area contributed by atoms with Crippen molar-refractivity contribution in [3.8, 4) is 0 Å². The molecule has 0 aliphatic heterocycles. The summed E-state index contributed by atoms with van der Waals surface area (Å²) in [5, 5.41) is 11.0. The molecule has 0 aromatic heterocycles. The first kappa shape index (κ1) is 11.2. The summed E-state index contributed by atoms with van der Waals surface area (Å²) in [7, 11) is -2.13. The van der Waals surface area contributed by atoms with Gasteiger partial charge in [0.2, 0.25) is 0 Å². The lowest BCUT2D eigenvalue weighted by atomic mass is 10.6. The van der Waals surface area contributed by atoms with Gasteiger partial charge in [0, 0.05) is 13.1 Å². The van der Waals surface area contributed by atoms with Gasteiger partial charge in [0.25, 0.3) is 10.2 Å². The molecule has 4 N–H and O–H groups in total. The predicted molar refractivity (Wildman–Crippen MR) is 51.1 cm³/mol. The van der Waals surface area contributed by atoms with Gasteiger partial charge < -0.3 is 10.9 Å². The highest BCUT2D eigenvalue weighted by Gasteiger charge is 2.29. The van der Waals surface area contributed by atoms with E-state index in [4.69, 9.17) is 10.9 Å². The van der Waals surface area contributed by atoms with E-state index in [-0.39, 0.29) is 18.4 Å². The summed E-state index contributed by atoms with van der Waals surface area (Å²) in [5.41, 5.74) is 5.18. The number of likely N-dealkylation sites (N-methyl/N-ethyl adjacent to an activating group) is 1. The average Bonchev–Trinajstić information content (AvgIpc) is 2.87. The number of nitrogens with two attached hydrogens (primary N) is 1. The second-order valence-electron chi connectivity index (χ2n) is 3.24. The van der Waals surface area contributed by atoms with Gasteiger partial charge in [-0.25, -0.2) is 0 Å². The summed E-state index contributed by atoms with van der Waals surface area (Å²) in [6.45, 7) is -0.126. The van der Waals surface area contributed by atoms with E-state index < -0.39 is 10.2 Å². The van der Waals surface area contributed by atoms with Crippen molar-refractivity contribution in [1.82, 2.24) is 9.03 Å². The Morgan fingerprint density at radius 3 is 2.71 bits per heavy atom. The normalized spacial score (nSPS) is 18.9. The summed E-state index contributed by atoms with van der Waals surface area (Å²) in [6, 6.07) is 0.0507. The quantitative estimate of drug-likeness (QED) is 0.231. The van der Waals surface area contributed by atoms with Gasteiger partial charge in [-0.2, -0.15) is 17.4 Å². The van der Waals surface area contributed by atoms with Crippen molar-refractivity contribution in [2.24, 2.45) is 10.9 Å². The molecule has 0 bridgehead atoms. The van der Waals surface area contributed by atoms with E-state index in [0.717, 1.165) is 17.1 Å². The minimum atomic E-state index is -3.49. The van der Waals surface area contributed by atoms with E-state index in [1.165, 1.54) is 7.05 Å². The Morgan fingerprint density at radius 2 is 2.29 bits per heavy atom. The van der Waals surface area contributed by atoms with Gasteiger partial charge in [0.05, 0.1) is 6.54 Å². The van der Waals surface area contributed by atoms with E-state index in [2.05, 4.69) is 9.88 Å². The summed E-state index contributed by atoms with van der Waals surface area (Å²) >= 11 is 0. The maximum Gasteiger partial charge on any atom is 0.279 e.